The number of phenolic OH excluding ortho intramolecular Hbond substituents is 1. The van der Waals surface area contributed by atoms with Gasteiger partial charge in [-0.25, -0.2) is 4.79 Å². The van der Waals surface area contributed by atoms with E-state index >= 15 is 0 Å². The lowest BCUT2D eigenvalue weighted by Gasteiger charge is -2.27. The summed E-state index contributed by atoms with van der Waals surface area (Å²) in [5.74, 6) is -0.541. The molecule has 1 aromatic rings. The van der Waals surface area contributed by atoms with Crippen LogP contribution in [0, 0.1) is 0 Å². The number of carbonyl (C=O) groups is 2. The van der Waals surface area contributed by atoms with Crippen molar-refractivity contribution < 1.29 is 19.8 Å². The van der Waals surface area contributed by atoms with E-state index < -0.39 is 17.4 Å². The number of carbonyl (C=O) groups excluding carboxylic acids is 1. The van der Waals surface area contributed by atoms with Crippen LogP contribution >= 0.6 is 24.4 Å². The monoisotopic (exact) mass is 313 g/mol. The van der Waals surface area contributed by atoms with E-state index in [1.807, 2.05) is 0 Å². The molecule has 0 saturated carbocycles. The summed E-state index contributed by atoms with van der Waals surface area (Å²) >= 11 is 5.37. The molecule has 2 N–H and O–H groups in total. The average Bonchev–Trinajstić information content (AvgIpc) is 2.84. The molecule has 5 nitrogen and oxygen atoms in total. The maximum absolute atomic E-state index is 12.2. The number of amides is 1. The molecule has 1 amide bonds. The Hall–Kier alpha value is -1.34. The highest BCUT2D eigenvalue weighted by Crippen LogP contribution is 2.44. The molecule has 0 bridgehead atoms. The smallest absolute Gasteiger partial charge is 0.327 e. The molecule has 0 unspecified atom stereocenters. The first-order valence-corrected chi connectivity index (χ1v) is 7.78. The highest BCUT2D eigenvalue weighted by molar-refractivity contribution is 7.99. The van der Waals surface area contributed by atoms with Crippen LogP contribution in [-0.4, -0.2) is 44.5 Å². The number of aromatic hydroxyl groups is 1. The second-order valence-corrected chi connectivity index (χ2v) is 5.93. The number of para-hydroxylation sites is 1. The number of thiol groups is 1. The summed E-state index contributed by atoms with van der Waals surface area (Å²) in [6, 6.07) is 5.82. The van der Waals surface area contributed by atoms with E-state index in [1.54, 1.807) is 18.2 Å². The lowest BCUT2D eigenvalue weighted by atomic mass is 10.1. The van der Waals surface area contributed by atoms with E-state index in [2.05, 4.69) is 12.6 Å². The van der Waals surface area contributed by atoms with E-state index in [-0.39, 0.29) is 18.1 Å². The summed E-state index contributed by atoms with van der Waals surface area (Å²) in [4.78, 5) is 24.8. The van der Waals surface area contributed by atoms with Crippen LogP contribution < -0.4 is 0 Å². The molecular formula is C13H15NO4S2. The third kappa shape index (κ3) is 2.88. The zero-order valence-corrected chi connectivity index (χ0v) is 12.3. The largest absolute Gasteiger partial charge is 0.508 e. The Bertz CT molecular complexity index is 523. The van der Waals surface area contributed by atoms with Crippen LogP contribution in [0.2, 0.25) is 0 Å². The predicted octanol–water partition coefficient (Wildman–Crippen LogP) is 1.74. The van der Waals surface area contributed by atoms with E-state index in [1.165, 1.54) is 22.7 Å². The molecule has 1 aliphatic rings. The summed E-state index contributed by atoms with van der Waals surface area (Å²) in [5.41, 5.74) is 0.564. The van der Waals surface area contributed by atoms with Gasteiger partial charge >= 0.3 is 5.97 Å². The van der Waals surface area contributed by atoms with Crippen molar-refractivity contribution in [3.8, 4) is 5.75 Å². The Labute approximate surface area is 126 Å². The molecule has 2 rings (SSSR count). The van der Waals surface area contributed by atoms with Crippen molar-refractivity contribution in [2.75, 3.05) is 11.5 Å². The molecule has 1 heterocycles. The van der Waals surface area contributed by atoms with Crippen LogP contribution in [0.3, 0.4) is 0 Å². The molecule has 2 atom stereocenters. The number of carboxylic acid groups (broad SMARTS) is 1. The average molecular weight is 313 g/mol. The van der Waals surface area contributed by atoms with E-state index in [0.717, 1.165) is 0 Å². The van der Waals surface area contributed by atoms with Gasteiger partial charge in [0.2, 0.25) is 5.91 Å². The molecule has 1 aromatic carbocycles. The zero-order valence-electron chi connectivity index (χ0n) is 10.6. The number of phenols is 1. The van der Waals surface area contributed by atoms with Crippen LogP contribution in [0.25, 0.3) is 0 Å². The van der Waals surface area contributed by atoms with Gasteiger partial charge in [-0.2, -0.15) is 12.6 Å². The highest BCUT2D eigenvalue weighted by Gasteiger charge is 2.42. The summed E-state index contributed by atoms with van der Waals surface area (Å²) in [6.07, 6.45) is 0.178. The summed E-state index contributed by atoms with van der Waals surface area (Å²) in [7, 11) is 0. The minimum Gasteiger partial charge on any atom is -0.508 e. The van der Waals surface area contributed by atoms with Crippen LogP contribution in [-0.2, 0) is 9.59 Å². The van der Waals surface area contributed by atoms with Crippen LogP contribution in [0.5, 0.6) is 5.75 Å². The summed E-state index contributed by atoms with van der Waals surface area (Å²) in [6.45, 7) is 0. The number of aliphatic carboxylic acids is 1. The van der Waals surface area contributed by atoms with Crippen LogP contribution in [0.1, 0.15) is 17.4 Å². The predicted molar refractivity (Wildman–Crippen MR) is 80.0 cm³/mol. The van der Waals surface area contributed by atoms with Gasteiger partial charge in [0.1, 0.15) is 17.2 Å². The van der Waals surface area contributed by atoms with Crippen LogP contribution in [0.4, 0.5) is 0 Å². The fourth-order valence-corrected chi connectivity index (χ4v) is 3.82. The molecule has 1 fully saturated rings. The molecule has 20 heavy (non-hydrogen) atoms. The lowest BCUT2D eigenvalue weighted by Crippen LogP contribution is -2.43. The normalized spacial score (nSPS) is 21.9. The number of thioether (sulfide) groups is 1. The molecule has 1 saturated heterocycles. The van der Waals surface area contributed by atoms with Gasteiger partial charge in [-0.1, -0.05) is 18.2 Å². The maximum atomic E-state index is 12.2. The number of hydrogen-bond donors (Lipinski definition) is 3. The Morgan fingerprint density at radius 3 is 2.70 bits per heavy atom. The number of hydrogen-bond acceptors (Lipinski definition) is 5. The van der Waals surface area contributed by atoms with Gasteiger partial charge in [0.25, 0.3) is 0 Å². The second kappa shape index (κ2) is 6.41. The third-order valence-corrected chi connectivity index (χ3v) is 4.63. The Morgan fingerprint density at radius 2 is 2.10 bits per heavy atom. The molecule has 0 spiro atoms. The van der Waals surface area contributed by atoms with Gasteiger partial charge in [-0.3, -0.25) is 4.79 Å². The van der Waals surface area contributed by atoms with E-state index in [4.69, 9.17) is 0 Å². The number of benzene rings is 1. The molecule has 0 radical (unpaired) electrons. The van der Waals surface area contributed by atoms with Crippen molar-refractivity contribution in [3.05, 3.63) is 29.8 Å². The van der Waals surface area contributed by atoms with Crippen molar-refractivity contribution in [2.45, 2.75) is 17.8 Å². The number of carboxylic acids is 1. The van der Waals surface area contributed by atoms with Crippen molar-refractivity contribution in [2.24, 2.45) is 0 Å². The van der Waals surface area contributed by atoms with Crippen molar-refractivity contribution >= 4 is 36.3 Å². The minimum atomic E-state index is -1.03. The minimum absolute atomic E-state index is 0.0692. The lowest BCUT2D eigenvalue weighted by molar-refractivity contribution is -0.149. The summed E-state index contributed by atoms with van der Waals surface area (Å²) < 4.78 is 0. The van der Waals surface area contributed by atoms with Gasteiger partial charge in [-0.05, 0) is 11.8 Å². The SMILES string of the molecule is O=C(O)[C@@H]1CS[C@@H](c2ccccc2O)N1C(=O)CCS. The van der Waals surface area contributed by atoms with Crippen LogP contribution in [0.15, 0.2) is 24.3 Å². The molecule has 108 valence electrons. The Balaban J connectivity index is 2.34. The van der Waals surface area contributed by atoms with Crippen molar-refractivity contribution in [1.29, 1.82) is 0 Å². The third-order valence-electron chi connectivity index (χ3n) is 3.10. The quantitative estimate of drug-likeness (QED) is 0.738. The molecule has 0 aromatic heterocycles. The molecule has 7 heteroatoms. The van der Waals surface area contributed by atoms with Gasteiger partial charge in [0.05, 0.1) is 0 Å². The standard InChI is InChI=1S/C13H15NO4S2/c15-10-4-2-1-3-8(10)12-14(11(16)5-6-19)9(7-20-12)13(17)18/h1-4,9,12,15,19H,5-7H2,(H,17,18)/t9-,12-/m0/s1. The van der Waals surface area contributed by atoms with E-state index in [9.17, 15) is 19.8 Å². The van der Waals surface area contributed by atoms with Crippen molar-refractivity contribution in [3.63, 3.8) is 0 Å². The van der Waals surface area contributed by atoms with E-state index in [0.29, 0.717) is 17.1 Å². The topological polar surface area (TPSA) is 77.8 Å². The number of nitrogens with zero attached hydrogens (tertiary/aromatic N) is 1. The molecule has 1 aliphatic heterocycles. The number of rotatable bonds is 4. The van der Waals surface area contributed by atoms with Gasteiger partial charge < -0.3 is 15.1 Å². The summed E-state index contributed by atoms with van der Waals surface area (Å²) in [5, 5.41) is 18.7. The van der Waals surface area contributed by atoms with Gasteiger partial charge in [0.15, 0.2) is 0 Å². The first-order valence-electron chi connectivity index (χ1n) is 6.10. The Kier molecular flexibility index (Phi) is 4.82. The highest BCUT2D eigenvalue weighted by atomic mass is 32.2. The van der Waals surface area contributed by atoms with Gasteiger partial charge in [0, 0.05) is 17.7 Å². The van der Waals surface area contributed by atoms with Crippen molar-refractivity contribution in [1.82, 2.24) is 4.90 Å². The fraction of sp³-hybridized carbons (Fsp3) is 0.385. The second-order valence-electron chi connectivity index (χ2n) is 4.37. The first-order chi connectivity index (χ1) is 9.56. The maximum Gasteiger partial charge on any atom is 0.327 e. The first kappa shape index (κ1) is 15.1. The Morgan fingerprint density at radius 1 is 1.40 bits per heavy atom. The molecule has 0 aliphatic carbocycles. The fourth-order valence-electron chi connectivity index (χ4n) is 2.16. The zero-order chi connectivity index (χ0) is 14.7. The van der Waals surface area contributed by atoms with Gasteiger partial charge in [-0.15, -0.1) is 11.8 Å². The molecular weight excluding hydrogens is 298 g/mol.